The van der Waals surface area contributed by atoms with Crippen LogP contribution in [-0.4, -0.2) is 52.3 Å². The molecule has 1 aromatic rings. The fourth-order valence-corrected chi connectivity index (χ4v) is 2.35. The zero-order valence-corrected chi connectivity index (χ0v) is 12.0. The maximum atomic E-state index is 12.1. The van der Waals surface area contributed by atoms with Crippen molar-refractivity contribution in [3.05, 3.63) is 11.8 Å². The third-order valence-electron chi connectivity index (χ3n) is 3.39. The van der Waals surface area contributed by atoms with Gasteiger partial charge in [0.1, 0.15) is 18.5 Å². The Morgan fingerprint density at radius 2 is 2.35 bits per heavy atom. The highest BCUT2D eigenvalue weighted by Gasteiger charge is 2.32. The second kappa shape index (κ2) is 6.04. The minimum atomic E-state index is -0.497. The maximum Gasteiger partial charge on any atom is 0.323 e. The van der Waals surface area contributed by atoms with E-state index >= 15 is 0 Å². The third kappa shape index (κ3) is 3.16. The second-order valence-electron chi connectivity index (χ2n) is 4.86. The molecule has 1 N–H and O–H groups in total. The van der Waals surface area contributed by atoms with Crippen LogP contribution in [0.15, 0.2) is 6.07 Å². The molecule has 0 radical (unpaired) electrons. The molecule has 1 atom stereocenters. The summed E-state index contributed by atoms with van der Waals surface area (Å²) in [5.41, 5.74) is 0.829. The van der Waals surface area contributed by atoms with Crippen LogP contribution >= 0.6 is 0 Å². The zero-order valence-electron chi connectivity index (χ0n) is 12.0. The molecule has 1 fully saturated rings. The fraction of sp³-hybridized carbons (Fsp3) is 0.615. The molecule has 1 amide bonds. The van der Waals surface area contributed by atoms with Gasteiger partial charge in [0.15, 0.2) is 0 Å². The molecule has 1 aliphatic heterocycles. The molecule has 2 rings (SSSR count). The van der Waals surface area contributed by atoms with Crippen LogP contribution in [0.2, 0.25) is 0 Å². The number of nitrogens with zero attached hydrogens (tertiary/aromatic N) is 3. The lowest BCUT2D eigenvalue weighted by Crippen LogP contribution is -2.50. The van der Waals surface area contributed by atoms with E-state index < -0.39 is 6.04 Å². The number of esters is 1. The number of hydrogen-bond donors (Lipinski definition) is 1. The first-order valence-corrected chi connectivity index (χ1v) is 6.72. The van der Waals surface area contributed by atoms with E-state index in [1.165, 1.54) is 0 Å². The number of hydrogen-bond acceptors (Lipinski definition) is 5. The predicted molar refractivity (Wildman–Crippen MR) is 73.2 cm³/mol. The van der Waals surface area contributed by atoms with Crippen LogP contribution in [0.5, 0.6) is 0 Å². The standard InChI is InChI=1S/C13H20N4O3/c1-4-17-5-6-20-13(19)10(17)8-12(18)14-11-7-9(2)15-16(11)3/h7,10H,4-6,8H2,1-3H3,(H,14,18). The molecule has 1 aromatic heterocycles. The van der Waals surface area contributed by atoms with Crippen molar-refractivity contribution in [1.82, 2.24) is 14.7 Å². The van der Waals surface area contributed by atoms with E-state index in [2.05, 4.69) is 10.4 Å². The summed E-state index contributed by atoms with van der Waals surface area (Å²) < 4.78 is 6.62. The molecule has 0 bridgehead atoms. The Hall–Kier alpha value is -1.89. The smallest absolute Gasteiger partial charge is 0.323 e. The summed E-state index contributed by atoms with van der Waals surface area (Å²) in [6.07, 6.45) is 0.0941. The Balaban J connectivity index is 1.99. The van der Waals surface area contributed by atoms with Crippen molar-refractivity contribution >= 4 is 17.7 Å². The van der Waals surface area contributed by atoms with Crippen molar-refractivity contribution in [2.24, 2.45) is 7.05 Å². The molecule has 20 heavy (non-hydrogen) atoms. The summed E-state index contributed by atoms with van der Waals surface area (Å²) in [6.45, 7) is 5.61. The Labute approximate surface area is 117 Å². The lowest BCUT2D eigenvalue weighted by Gasteiger charge is -2.32. The minimum Gasteiger partial charge on any atom is -0.463 e. The number of cyclic esters (lactones) is 1. The van der Waals surface area contributed by atoms with E-state index in [-0.39, 0.29) is 18.3 Å². The summed E-state index contributed by atoms with van der Waals surface area (Å²) in [5, 5.41) is 6.93. The van der Waals surface area contributed by atoms with Crippen LogP contribution in [0, 0.1) is 6.92 Å². The Morgan fingerprint density at radius 3 is 2.95 bits per heavy atom. The SMILES string of the molecule is CCN1CCOC(=O)C1CC(=O)Nc1cc(C)nn1C. The molecule has 1 saturated heterocycles. The number of nitrogens with one attached hydrogen (secondary N) is 1. The summed E-state index contributed by atoms with van der Waals surface area (Å²) in [6, 6.07) is 1.29. The Bertz CT molecular complexity index is 512. The van der Waals surface area contributed by atoms with Crippen LogP contribution < -0.4 is 5.32 Å². The van der Waals surface area contributed by atoms with Gasteiger partial charge in [-0.2, -0.15) is 5.10 Å². The molecular formula is C13H20N4O3. The molecule has 7 heteroatoms. The quantitative estimate of drug-likeness (QED) is 0.803. The molecule has 0 spiro atoms. The van der Waals surface area contributed by atoms with E-state index in [4.69, 9.17) is 4.74 Å². The fourth-order valence-electron chi connectivity index (χ4n) is 2.35. The van der Waals surface area contributed by atoms with Gasteiger partial charge in [0, 0.05) is 19.7 Å². The number of carbonyl (C=O) groups is 2. The van der Waals surface area contributed by atoms with Crippen molar-refractivity contribution in [3.8, 4) is 0 Å². The molecule has 0 aliphatic carbocycles. The molecular weight excluding hydrogens is 260 g/mol. The van der Waals surface area contributed by atoms with Gasteiger partial charge < -0.3 is 10.1 Å². The zero-order chi connectivity index (χ0) is 14.7. The number of ether oxygens (including phenoxy) is 1. The summed E-state index contributed by atoms with van der Waals surface area (Å²) >= 11 is 0. The van der Waals surface area contributed by atoms with Gasteiger partial charge in [0.2, 0.25) is 5.91 Å². The molecule has 7 nitrogen and oxygen atoms in total. The van der Waals surface area contributed by atoms with Gasteiger partial charge in [-0.3, -0.25) is 19.2 Å². The first-order valence-electron chi connectivity index (χ1n) is 6.72. The first kappa shape index (κ1) is 14.5. The molecule has 110 valence electrons. The van der Waals surface area contributed by atoms with Crippen molar-refractivity contribution in [2.75, 3.05) is 25.0 Å². The highest BCUT2D eigenvalue weighted by molar-refractivity contribution is 5.93. The average molecular weight is 280 g/mol. The largest absolute Gasteiger partial charge is 0.463 e. The number of rotatable bonds is 4. The van der Waals surface area contributed by atoms with Gasteiger partial charge in [-0.1, -0.05) is 6.92 Å². The highest BCUT2D eigenvalue weighted by Crippen LogP contribution is 2.14. The minimum absolute atomic E-state index is 0.0941. The number of anilines is 1. The van der Waals surface area contributed by atoms with Gasteiger partial charge >= 0.3 is 5.97 Å². The van der Waals surface area contributed by atoms with Gasteiger partial charge in [-0.05, 0) is 13.5 Å². The van der Waals surface area contributed by atoms with Crippen LogP contribution in [0.25, 0.3) is 0 Å². The van der Waals surface area contributed by atoms with Crippen LogP contribution in [0.4, 0.5) is 5.82 Å². The predicted octanol–water partition coefficient (Wildman–Crippen LogP) is 0.304. The highest BCUT2D eigenvalue weighted by atomic mass is 16.5. The second-order valence-corrected chi connectivity index (χ2v) is 4.86. The number of amides is 1. The third-order valence-corrected chi connectivity index (χ3v) is 3.39. The molecule has 1 unspecified atom stereocenters. The van der Waals surface area contributed by atoms with Crippen molar-refractivity contribution < 1.29 is 14.3 Å². The van der Waals surface area contributed by atoms with Crippen LogP contribution in [0.1, 0.15) is 19.0 Å². The molecule has 0 saturated carbocycles. The van der Waals surface area contributed by atoms with Crippen molar-refractivity contribution in [3.63, 3.8) is 0 Å². The Morgan fingerprint density at radius 1 is 1.60 bits per heavy atom. The van der Waals surface area contributed by atoms with Crippen molar-refractivity contribution in [2.45, 2.75) is 26.3 Å². The van der Waals surface area contributed by atoms with E-state index in [0.29, 0.717) is 19.0 Å². The summed E-state index contributed by atoms with van der Waals surface area (Å²) in [4.78, 5) is 25.8. The monoisotopic (exact) mass is 280 g/mol. The number of carbonyl (C=O) groups excluding carboxylic acids is 2. The van der Waals surface area contributed by atoms with E-state index in [1.54, 1.807) is 17.8 Å². The lowest BCUT2D eigenvalue weighted by atomic mass is 10.1. The van der Waals surface area contributed by atoms with Gasteiger partial charge in [-0.15, -0.1) is 0 Å². The molecule has 1 aliphatic rings. The topological polar surface area (TPSA) is 76.5 Å². The number of aryl methyl sites for hydroxylation is 2. The summed E-state index contributed by atoms with van der Waals surface area (Å²) in [7, 11) is 1.76. The number of likely N-dealkylation sites (N-methyl/N-ethyl adjacent to an activating group) is 1. The normalized spacial score (nSPS) is 19.8. The van der Waals surface area contributed by atoms with E-state index in [0.717, 1.165) is 12.2 Å². The average Bonchev–Trinajstić information content (AvgIpc) is 2.70. The van der Waals surface area contributed by atoms with Gasteiger partial charge in [0.05, 0.1) is 12.1 Å². The van der Waals surface area contributed by atoms with Crippen molar-refractivity contribution in [1.29, 1.82) is 0 Å². The van der Waals surface area contributed by atoms with Gasteiger partial charge in [-0.25, -0.2) is 0 Å². The number of morpholine rings is 1. The Kier molecular flexibility index (Phi) is 4.39. The van der Waals surface area contributed by atoms with E-state index in [9.17, 15) is 9.59 Å². The summed E-state index contributed by atoms with van der Waals surface area (Å²) in [5.74, 6) is 0.0875. The number of aromatic nitrogens is 2. The van der Waals surface area contributed by atoms with E-state index in [1.807, 2.05) is 18.7 Å². The van der Waals surface area contributed by atoms with Crippen LogP contribution in [-0.2, 0) is 21.4 Å². The maximum absolute atomic E-state index is 12.1. The lowest BCUT2D eigenvalue weighted by molar-refractivity contribution is -0.158. The molecule has 0 aromatic carbocycles. The first-order chi connectivity index (χ1) is 9.51. The molecule has 2 heterocycles. The van der Waals surface area contributed by atoms with Crippen LogP contribution in [0.3, 0.4) is 0 Å². The van der Waals surface area contributed by atoms with Gasteiger partial charge in [0.25, 0.3) is 0 Å².